The van der Waals surface area contributed by atoms with Gasteiger partial charge in [-0.2, -0.15) is 38.2 Å². The van der Waals surface area contributed by atoms with Crippen LogP contribution in [0.5, 0.6) is 11.5 Å². The number of imide groups is 1. The molecule has 4 N–H and O–H groups in total. The minimum absolute atomic E-state index is 0.00372. The van der Waals surface area contributed by atoms with Crippen LogP contribution in [0.1, 0.15) is 86.3 Å². The quantitative estimate of drug-likeness (QED) is 0.0214. The summed E-state index contributed by atoms with van der Waals surface area (Å²) in [5.74, 6) is -3.25. The van der Waals surface area contributed by atoms with Crippen LogP contribution in [0, 0.1) is 0 Å². The third kappa shape index (κ3) is 12.2. The molecule has 3 aliphatic rings. The van der Waals surface area contributed by atoms with Crippen molar-refractivity contribution in [2.24, 2.45) is 0 Å². The van der Waals surface area contributed by atoms with Gasteiger partial charge in [-0.3, -0.25) is 27.8 Å². The molecule has 0 spiro atoms. The number of amides is 2. The van der Waals surface area contributed by atoms with Gasteiger partial charge in [0.25, 0.3) is 52.3 Å². The molecule has 27 heteroatoms. The predicted octanol–water partition coefficient (Wildman–Crippen LogP) is 7.39. The second kappa shape index (κ2) is 23.6. The maximum absolute atomic E-state index is 13.8. The van der Waals surface area contributed by atoms with Crippen LogP contribution < -0.4 is 14.4 Å². The van der Waals surface area contributed by atoms with Gasteiger partial charge in [-0.1, -0.05) is 25.1 Å². The normalized spacial score (nSPS) is 19.3. The van der Waals surface area contributed by atoms with Crippen LogP contribution >= 0.6 is 0 Å². The first-order valence-corrected chi connectivity index (χ1v) is 31.8. The molecule has 83 heavy (non-hydrogen) atoms. The Morgan fingerprint density at radius 1 is 0.711 bits per heavy atom. The van der Waals surface area contributed by atoms with Crippen LogP contribution in [0.3, 0.4) is 0 Å². The number of fused-ring (bicyclic) bond motifs is 6. The lowest BCUT2D eigenvalue weighted by Crippen LogP contribution is -2.33. The van der Waals surface area contributed by atoms with Gasteiger partial charge in [0.2, 0.25) is 5.69 Å². The highest BCUT2D eigenvalue weighted by atomic mass is 32.2. The Morgan fingerprint density at radius 3 is 1.88 bits per heavy atom. The number of allylic oxidation sites excluding steroid dienone is 6. The number of carbonyl (C=O) groups is 3. The van der Waals surface area contributed by atoms with Gasteiger partial charge in [0.1, 0.15) is 22.9 Å². The highest BCUT2D eigenvalue weighted by molar-refractivity contribution is 7.87. The van der Waals surface area contributed by atoms with Crippen molar-refractivity contribution < 1.29 is 94.6 Å². The van der Waals surface area contributed by atoms with Crippen LogP contribution in [0.2, 0.25) is 0 Å². The van der Waals surface area contributed by atoms with Crippen molar-refractivity contribution in [2.45, 2.75) is 84.8 Å². The van der Waals surface area contributed by atoms with E-state index in [1.807, 2.05) is 32.1 Å². The van der Waals surface area contributed by atoms with Gasteiger partial charge < -0.3 is 28.7 Å². The van der Waals surface area contributed by atoms with E-state index in [0.717, 1.165) is 17.3 Å². The molecular formula is C56H62N3O20S4+. The SMILES string of the molecule is CCC[N+]1=C(/C=C/C(=C/C=C2/N(CCCS(=O)(=O)O)c3ccc4c(S(=O)(=O)O)cc(S(=O)(=O)O)cc4c3C2(C)CCOC)c2c(OC)cc(C(=O)ON3C(=O)CCC3=O)cc2OC)C(C)(CCOC)c2c1ccc1ccc(S(=O)(=O)O)cc21. The fourth-order valence-electron chi connectivity index (χ4n) is 11.3. The summed E-state index contributed by atoms with van der Waals surface area (Å²) in [6.45, 7) is 6.28. The van der Waals surface area contributed by atoms with Gasteiger partial charge in [-0.05, 0) is 121 Å². The maximum atomic E-state index is 13.8. The van der Waals surface area contributed by atoms with E-state index in [2.05, 4.69) is 4.58 Å². The number of ether oxygens (including phenoxy) is 4. The smallest absolute Gasteiger partial charge is 0.364 e. The van der Waals surface area contributed by atoms with Gasteiger partial charge in [-0.25, -0.2) is 4.79 Å². The zero-order valence-electron chi connectivity index (χ0n) is 46.2. The third-order valence-electron chi connectivity index (χ3n) is 15.2. The van der Waals surface area contributed by atoms with E-state index in [9.17, 15) is 66.3 Å². The minimum Gasteiger partial charge on any atom is -0.496 e. The first-order valence-electron chi connectivity index (χ1n) is 25.9. The number of hydrogen-bond acceptors (Lipinski definition) is 17. The largest absolute Gasteiger partial charge is 0.496 e. The average molecular weight is 1230 g/mol. The summed E-state index contributed by atoms with van der Waals surface area (Å²) < 4.78 is 168. The van der Waals surface area contributed by atoms with Crippen LogP contribution in [0.4, 0.5) is 11.4 Å². The fraction of sp³-hybridized carbons (Fsp3) is 0.357. The van der Waals surface area contributed by atoms with Crippen molar-refractivity contribution >= 4 is 102 Å². The first-order chi connectivity index (χ1) is 38.9. The number of carbonyl (C=O) groups excluding carboxylic acids is 3. The first kappa shape index (κ1) is 62.1. The van der Waals surface area contributed by atoms with E-state index < -0.39 is 84.6 Å². The lowest BCUT2D eigenvalue weighted by Gasteiger charge is -2.31. The summed E-state index contributed by atoms with van der Waals surface area (Å²) >= 11 is 0. The number of methoxy groups -OCH3 is 4. The Hall–Kier alpha value is -6.92. The second-order valence-corrected chi connectivity index (χ2v) is 26.3. The van der Waals surface area contributed by atoms with Gasteiger partial charge >= 0.3 is 5.97 Å². The molecule has 5 aromatic rings. The zero-order chi connectivity index (χ0) is 60.8. The summed E-state index contributed by atoms with van der Waals surface area (Å²) in [5, 5.41) is 1.47. The lowest BCUT2D eigenvalue weighted by molar-refractivity contribution is -0.437. The zero-order valence-corrected chi connectivity index (χ0v) is 49.5. The number of hydrogen-bond donors (Lipinski definition) is 4. The Kier molecular flexibility index (Phi) is 17.7. The lowest BCUT2D eigenvalue weighted by atomic mass is 9.74. The van der Waals surface area contributed by atoms with Crippen LogP contribution in [0.15, 0.2) is 111 Å². The molecule has 0 aromatic heterocycles. The summed E-state index contributed by atoms with van der Waals surface area (Å²) in [6.07, 6.45) is 7.44. The molecule has 5 aromatic carbocycles. The maximum Gasteiger partial charge on any atom is 0.364 e. The van der Waals surface area contributed by atoms with Crippen molar-refractivity contribution in [2.75, 3.05) is 65.4 Å². The van der Waals surface area contributed by atoms with Crippen molar-refractivity contribution in [3.63, 3.8) is 0 Å². The van der Waals surface area contributed by atoms with Crippen molar-refractivity contribution in [3.05, 3.63) is 119 Å². The molecule has 8 rings (SSSR count). The molecule has 0 saturated carbocycles. The number of benzene rings is 5. The molecule has 0 radical (unpaired) electrons. The Morgan fingerprint density at radius 2 is 1.31 bits per heavy atom. The van der Waals surface area contributed by atoms with Gasteiger partial charge in [0, 0.05) is 93.1 Å². The van der Waals surface area contributed by atoms with Gasteiger partial charge in [-0.15, -0.1) is 5.06 Å². The summed E-state index contributed by atoms with van der Waals surface area (Å²) in [6, 6.07) is 15.3. The summed E-state index contributed by atoms with van der Waals surface area (Å²) in [4.78, 5) is 43.8. The van der Waals surface area contributed by atoms with E-state index in [1.54, 1.807) is 43.2 Å². The number of anilines is 1. The second-order valence-electron chi connectivity index (χ2n) is 20.4. The molecule has 0 aliphatic carbocycles. The molecule has 2 unspecified atom stereocenters. The predicted molar refractivity (Wildman–Crippen MR) is 305 cm³/mol. The topological polar surface area (TPSA) is 324 Å². The van der Waals surface area contributed by atoms with Crippen LogP contribution in [-0.2, 0) is 75.2 Å². The molecule has 1 fully saturated rings. The summed E-state index contributed by atoms with van der Waals surface area (Å²) in [5.41, 5.74) is 1.16. The van der Waals surface area contributed by atoms with E-state index in [4.69, 9.17) is 23.8 Å². The van der Waals surface area contributed by atoms with Gasteiger partial charge in [0.05, 0.1) is 46.3 Å². The number of rotatable bonds is 23. The van der Waals surface area contributed by atoms with Crippen molar-refractivity contribution in [1.29, 1.82) is 0 Å². The molecule has 0 bridgehead atoms. The highest BCUT2D eigenvalue weighted by Gasteiger charge is 2.49. The van der Waals surface area contributed by atoms with Crippen LogP contribution in [0.25, 0.3) is 27.1 Å². The van der Waals surface area contributed by atoms with Crippen molar-refractivity contribution in [3.8, 4) is 11.5 Å². The number of hydroxylamine groups is 2. The standard InChI is InChI=1S/C56H61N3O20S4/c1-8-24-57-42-16-11-34-10-14-37(81(66,67)68)31-40(34)52(42)55(2,22-26-75-4)47(57)18-12-35(51-44(77-6)29-36(30-45(51)78-7)54(62)79-59-49(60)20-21-50(59)61)13-19-48-56(3,23-27-76-5)53-41-32-38(82(69,70)71)33-46(83(72,73)74)39(41)15-17-43(53)58(48)25-9-28-80(63,64)65/h10-19,29-33H,8-9,20-28H2,1-7H3,(H3-,63,64,65,66,67,68,69,70,71,72,73,74)/p+1. The Balaban J connectivity index is 1.45. The minimum atomic E-state index is -5.17. The van der Waals surface area contributed by atoms with E-state index in [-0.39, 0.29) is 89.3 Å². The van der Waals surface area contributed by atoms with Crippen molar-refractivity contribution in [1.82, 2.24) is 5.06 Å². The fourth-order valence-corrected chi connectivity index (χ4v) is 13.7. The highest BCUT2D eigenvalue weighted by Crippen LogP contribution is 2.54. The van der Waals surface area contributed by atoms with E-state index in [1.165, 1.54) is 57.7 Å². The molecule has 3 heterocycles. The number of nitrogens with zero attached hydrogens (tertiary/aromatic N) is 3. The Labute approximate surface area is 480 Å². The molecule has 2 amide bonds. The van der Waals surface area contributed by atoms with E-state index >= 15 is 0 Å². The van der Waals surface area contributed by atoms with E-state index in [0.29, 0.717) is 64.0 Å². The molecule has 444 valence electrons. The molecule has 23 nitrogen and oxygen atoms in total. The summed E-state index contributed by atoms with van der Waals surface area (Å²) in [7, 11) is -13.9. The third-order valence-corrected chi connectivity index (χ3v) is 18.6. The van der Waals surface area contributed by atoms with Crippen LogP contribution in [-0.4, -0.2) is 146 Å². The molecular weight excluding hydrogens is 1160 g/mol. The monoisotopic (exact) mass is 1220 g/mol. The average Bonchev–Trinajstić information content (AvgIpc) is 2.52. The van der Waals surface area contributed by atoms with Gasteiger partial charge in [0.15, 0.2) is 5.71 Å². The molecule has 1 saturated heterocycles. The molecule has 2 atom stereocenters. The molecule has 3 aliphatic heterocycles. The Bertz CT molecular complexity index is 4080.